The van der Waals surface area contributed by atoms with E-state index in [2.05, 4.69) is 5.32 Å². The molecule has 2 fully saturated rings. The summed E-state index contributed by atoms with van der Waals surface area (Å²) in [5, 5.41) is 12.0. The standard InChI is InChI=1S/C14H24N2O3/c17-13(18)4-3-11-5-8-16(9-6-11)14(19)12-2-1-7-15-10-12/h11-12,15H,1-10H2,(H,17,18). The predicted octanol–water partition coefficient (Wildman–Crippen LogP) is 1.09. The second-order valence-corrected chi connectivity index (χ2v) is 5.74. The number of amides is 1. The average molecular weight is 268 g/mol. The van der Waals surface area contributed by atoms with Crippen molar-refractivity contribution in [1.82, 2.24) is 10.2 Å². The molecule has 0 aromatic rings. The molecule has 1 unspecified atom stereocenters. The van der Waals surface area contributed by atoms with Crippen LogP contribution in [0.2, 0.25) is 0 Å². The molecule has 5 heteroatoms. The summed E-state index contributed by atoms with van der Waals surface area (Å²) in [5.41, 5.74) is 0. The second kappa shape index (κ2) is 6.89. The number of rotatable bonds is 4. The SMILES string of the molecule is O=C(O)CCC1CCN(C(=O)C2CCCNC2)CC1. The molecule has 0 spiro atoms. The molecule has 0 aromatic carbocycles. The minimum absolute atomic E-state index is 0.157. The lowest BCUT2D eigenvalue weighted by Gasteiger charge is -2.35. The van der Waals surface area contributed by atoms with Crippen LogP contribution in [0.4, 0.5) is 0 Å². The third-order valence-corrected chi connectivity index (χ3v) is 4.34. The average Bonchev–Trinajstić information content (AvgIpc) is 2.46. The van der Waals surface area contributed by atoms with Crippen LogP contribution in [0.3, 0.4) is 0 Å². The van der Waals surface area contributed by atoms with Crippen molar-refractivity contribution in [3.8, 4) is 0 Å². The summed E-state index contributed by atoms with van der Waals surface area (Å²) in [7, 11) is 0. The topological polar surface area (TPSA) is 69.6 Å². The van der Waals surface area contributed by atoms with E-state index in [-0.39, 0.29) is 12.3 Å². The molecule has 0 aromatic heterocycles. The van der Waals surface area contributed by atoms with Crippen molar-refractivity contribution in [3.63, 3.8) is 0 Å². The van der Waals surface area contributed by atoms with Crippen LogP contribution in [-0.2, 0) is 9.59 Å². The first-order valence-electron chi connectivity index (χ1n) is 7.38. The first-order chi connectivity index (χ1) is 9.16. The number of likely N-dealkylation sites (tertiary alicyclic amines) is 1. The van der Waals surface area contributed by atoms with Crippen molar-refractivity contribution in [1.29, 1.82) is 0 Å². The van der Waals surface area contributed by atoms with E-state index in [4.69, 9.17) is 5.11 Å². The molecule has 2 N–H and O–H groups in total. The minimum Gasteiger partial charge on any atom is -0.481 e. The molecule has 1 amide bonds. The fourth-order valence-electron chi connectivity index (χ4n) is 3.09. The molecule has 2 aliphatic heterocycles. The summed E-state index contributed by atoms with van der Waals surface area (Å²) < 4.78 is 0. The van der Waals surface area contributed by atoms with Crippen molar-refractivity contribution in [2.24, 2.45) is 11.8 Å². The van der Waals surface area contributed by atoms with Crippen molar-refractivity contribution in [3.05, 3.63) is 0 Å². The highest BCUT2D eigenvalue weighted by Crippen LogP contribution is 2.24. The summed E-state index contributed by atoms with van der Waals surface area (Å²) in [6, 6.07) is 0. The number of carboxylic acid groups (broad SMARTS) is 1. The van der Waals surface area contributed by atoms with Gasteiger partial charge in [-0.2, -0.15) is 0 Å². The molecule has 1 atom stereocenters. The van der Waals surface area contributed by atoms with Crippen LogP contribution < -0.4 is 5.32 Å². The Morgan fingerprint density at radius 2 is 1.95 bits per heavy atom. The number of piperidine rings is 2. The van der Waals surface area contributed by atoms with Gasteiger partial charge in [0.05, 0.1) is 5.92 Å². The zero-order chi connectivity index (χ0) is 13.7. The Balaban J connectivity index is 1.72. The van der Waals surface area contributed by atoms with Gasteiger partial charge in [-0.15, -0.1) is 0 Å². The molecule has 2 saturated heterocycles. The Bertz CT molecular complexity index is 319. The van der Waals surface area contributed by atoms with Crippen molar-refractivity contribution in [2.75, 3.05) is 26.2 Å². The molecule has 0 saturated carbocycles. The number of hydrogen-bond donors (Lipinski definition) is 2. The van der Waals surface area contributed by atoms with E-state index in [1.54, 1.807) is 0 Å². The second-order valence-electron chi connectivity index (χ2n) is 5.74. The zero-order valence-corrected chi connectivity index (χ0v) is 11.4. The van der Waals surface area contributed by atoms with Gasteiger partial charge in [-0.05, 0) is 44.6 Å². The van der Waals surface area contributed by atoms with E-state index in [1.807, 2.05) is 4.90 Å². The van der Waals surface area contributed by atoms with Gasteiger partial charge in [0.2, 0.25) is 5.91 Å². The van der Waals surface area contributed by atoms with Crippen molar-refractivity contribution >= 4 is 11.9 Å². The molecule has 2 heterocycles. The Morgan fingerprint density at radius 3 is 2.53 bits per heavy atom. The third-order valence-electron chi connectivity index (χ3n) is 4.34. The third kappa shape index (κ3) is 4.20. The number of carboxylic acids is 1. The Kier molecular flexibility index (Phi) is 5.19. The lowest BCUT2D eigenvalue weighted by Crippen LogP contribution is -2.46. The van der Waals surface area contributed by atoms with Gasteiger partial charge in [-0.3, -0.25) is 9.59 Å². The van der Waals surface area contributed by atoms with E-state index in [9.17, 15) is 9.59 Å². The molecule has 0 aliphatic carbocycles. The van der Waals surface area contributed by atoms with Gasteiger partial charge in [-0.1, -0.05) is 0 Å². The highest BCUT2D eigenvalue weighted by Gasteiger charge is 2.29. The van der Waals surface area contributed by atoms with E-state index in [0.717, 1.165) is 58.3 Å². The van der Waals surface area contributed by atoms with Crippen molar-refractivity contribution in [2.45, 2.75) is 38.5 Å². The quantitative estimate of drug-likeness (QED) is 0.801. The first-order valence-corrected chi connectivity index (χ1v) is 7.38. The summed E-state index contributed by atoms with van der Waals surface area (Å²) >= 11 is 0. The van der Waals surface area contributed by atoms with Gasteiger partial charge in [0.1, 0.15) is 0 Å². The number of nitrogens with zero attached hydrogens (tertiary/aromatic N) is 1. The lowest BCUT2D eigenvalue weighted by atomic mass is 9.90. The van der Waals surface area contributed by atoms with Crippen molar-refractivity contribution < 1.29 is 14.7 Å². The monoisotopic (exact) mass is 268 g/mol. The van der Waals surface area contributed by atoms with Gasteiger partial charge < -0.3 is 15.3 Å². The summed E-state index contributed by atoms with van der Waals surface area (Å²) in [5.74, 6) is 0.213. The lowest BCUT2D eigenvalue weighted by molar-refractivity contribution is -0.139. The van der Waals surface area contributed by atoms with Crippen LogP contribution >= 0.6 is 0 Å². The van der Waals surface area contributed by atoms with Crippen LogP contribution in [0, 0.1) is 11.8 Å². The molecule has 2 rings (SSSR count). The molecular weight excluding hydrogens is 244 g/mol. The zero-order valence-electron chi connectivity index (χ0n) is 11.4. The first kappa shape index (κ1) is 14.3. The largest absolute Gasteiger partial charge is 0.481 e. The summed E-state index contributed by atoms with van der Waals surface area (Å²) in [6.07, 6.45) is 5.02. The Labute approximate surface area is 114 Å². The van der Waals surface area contributed by atoms with Crippen LogP contribution in [-0.4, -0.2) is 48.1 Å². The van der Waals surface area contributed by atoms with Gasteiger partial charge in [0.15, 0.2) is 0 Å². The van der Waals surface area contributed by atoms with Crippen LogP contribution in [0.5, 0.6) is 0 Å². The molecule has 108 valence electrons. The van der Waals surface area contributed by atoms with E-state index in [1.165, 1.54) is 0 Å². The molecule has 0 radical (unpaired) electrons. The van der Waals surface area contributed by atoms with Crippen LogP contribution in [0.25, 0.3) is 0 Å². The summed E-state index contributed by atoms with van der Waals surface area (Å²) in [4.78, 5) is 24.8. The molecule has 19 heavy (non-hydrogen) atoms. The fraction of sp³-hybridized carbons (Fsp3) is 0.857. The fourth-order valence-corrected chi connectivity index (χ4v) is 3.09. The van der Waals surface area contributed by atoms with Gasteiger partial charge >= 0.3 is 5.97 Å². The predicted molar refractivity (Wildman–Crippen MR) is 71.8 cm³/mol. The number of hydrogen-bond acceptors (Lipinski definition) is 3. The molecular formula is C14H24N2O3. The van der Waals surface area contributed by atoms with E-state index in [0.29, 0.717) is 11.8 Å². The molecule has 0 bridgehead atoms. The smallest absolute Gasteiger partial charge is 0.303 e. The van der Waals surface area contributed by atoms with E-state index < -0.39 is 5.97 Å². The number of nitrogens with one attached hydrogen (secondary N) is 1. The number of carbonyl (C=O) groups is 2. The van der Waals surface area contributed by atoms with Crippen LogP contribution in [0.15, 0.2) is 0 Å². The molecule has 5 nitrogen and oxygen atoms in total. The van der Waals surface area contributed by atoms with Crippen LogP contribution in [0.1, 0.15) is 38.5 Å². The summed E-state index contributed by atoms with van der Waals surface area (Å²) in [6.45, 7) is 3.46. The molecule has 2 aliphatic rings. The maximum Gasteiger partial charge on any atom is 0.303 e. The maximum absolute atomic E-state index is 12.3. The van der Waals surface area contributed by atoms with Gasteiger partial charge in [0.25, 0.3) is 0 Å². The Hall–Kier alpha value is -1.10. The highest BCUT2D eigenvalue weighted by molar-refractivity contribution is 5.79. The van der Waals surface area contributed by atoms with Gasteiger partial charge in [0, 0.05) is 26.1 Å². The highest BCUT2D eigenvalue weighted by atomic mass is 16.4. The number of aliphatic carboxylic acids is 1. The minimum atomic E-state index is -0.716. The normalized spacial score (nSPS) is 25.3. The van der Waals surface area contributed by atoms with Gasteiger partial charge in [-0.25, -0.2) is 0 Å². The maximum atomic E-state index is 12.3. The number of carbonyl (C=O) groups excluding carboxylic acids is 1. The Morgan fingerprint density at radius 1 is 1.21 bits per heavy atom. The van der Waals surface area contributed by atoms with E-state index >= 15 is 0 Å².